The maximum absolute atomic E-state index is 13.1. The van der Waals surface area contributed by atoms with E-state index in [1.807, 2.05) is 30.4 Å². The Morgan fingerprint density at radius 1 is 0.269 bits per heavy atom. The van der Waals surface area contributed by atoms with E-state index >= 15 is 0 Å². The Hall–Kier alpha value is -6.62. The number of esters is 4. The molecule has 0 aliphatic heterocycles. The van der Waals surface area contributed by atoms with Gasteiger partial charge in [0.25, 0.3) is 0 Å². The molecule has 5 unspecified atom stereocenters. The lowest BCUT2D eigenvalue weighted by molar-refractivity contribution is -0.161. The quantitative estimate of drug-likeness (QED) is 0.0169. The fourth-order valence-corrected chi connectivity index (χ4v) is 11.1. The Labute approximate surface area is 651 Å². The number of aliphatic hydroxyl groups excluding tert-OH is 1. The zero-order valence-electron chi connectivity index (χ0n) is 66.2. The monoisotopic (exact) mass is 1540 g/mol. The summed E-state index contributed by atoms with van der Waals surface area (Å²) in [5.74, 6) is -2.48. The number of rotatable bonds is 72. The fraction of sp³-hybridized carbons (Fsp3) is 0.551. The van der Waals surface area contributed by atoms with E-state index in [0.29, 0.717) is 32.1 Å². The number of allylic oxidation sites excluding steroid dienone is 35. The molecule has 0 aliphatic rings. The molecule has 19 heteroatoms. The summed E-state index contributed by atoms with van der Waals surface area (Å²) in [5, 5.41) is 10.6. The van der Waals surface area contributed by atoms with Gasteiger partial charge in [-0.2, -0.15) is 0 Å². The third kappa shape index (κ3) is 77.5. The first-order valence-corrected chi connectivity index (χ1v) is 43.0. The molecule has 0 bridgehead atoms. The lowest BCUT2D eigenvalue weighted by atomic mass is 10.1. The fourth-order valence-electron chi connectivity index (χ4n) is 9.56. The zero-order valence-corrected chi connectivity index (χ0v) is 68.0. The van der Waals surface area contributed by atoms with Gasteiger partial charge in [0.15, 0.2) is 12.2 Å². The second-order valence-electron chi connectivity index (χ2n) is 25.5. The lowest BCUT2D eigenvalue weighted by Crippen LogP contribution is -2.30. The zero-order chi connectivity index (χ0) is 78.9. The summed E-state index contributed by atoms with van der Waals surface area (Å²) in [4.78, 5) is 73.0. The van der Waals surface area contributed by atoms with Gasteiger partial charge in [0.05, 0.1) is 32.8 Å². The van der Waals surface area contributed by atoms with Gasteiger partial charge in [-0.3, -0.25) is 37.3 Å². The molecule has 108 heavy (non-hydrogen) atoms. The van der Waals surface area contributed by atoms with Crippen molar-refractivity contribution >= 4 is 39.5 Å². The van der Waals surface area contributed by atoms with Crippen molar-refractivity contribution in [1.29, 1.82) is 0 Å². The molecular formula is C89H138O17P2. The number of ether oxygens (including phenoxy) is 4. The minimum Gasteiger partial charge on any atom is -0.462 e. The van der Waals surface area contributed by atoms with Gasteiger partial charge in [-0.15, -0.1) is 0 Å². The Morgan fingerprint density at radius 2 is 0.509 bits per heavy atom. The average Bonchev–Trinajstić information content (AvgIpc) is 0.923. The molecule has 606 valence electrons. The molecule has 0 saturated carbocycles. The summed E-state index contributed by atoms with van der Waals surface area (Å²) < 4.78 is 68.4. The third-order valence-corrected chi connectivity index (χ3v) is 17.4. The van der Waals surface area contributed by atoms with Crippen molar-refractivity contribution in [2.24, 2.45) is 0 Å². The van der Waals surface area contributed by atoms with Crippen molar-refractivity contribution in [3.63, 3.8) is 0 Å². The van der Waals surface area contributed by atoms with E-state index in [2.05, 4.69) is 204 Å². The number of carbonyl (C=O) groups excluding carboxylic acids is 4. The van der Waals surface area contributed by atoms with Crippen LogP contribution in [0.15, 0.2) is 219 Å². The minimum atomic E-state index is -5.03. The summed E-state index contributed by atoms with van der Waals surface area (Å²) in [6.45, 7) is 4.14. The van der Waals surface area contributed by atoms with E-state index < -0.39 is 97.5 Å². The highest BCUT2D eigenvalue weighted by molar-refractivity contribution is 7.47. The second-order valence-corrected chi connectivity index (χ2v) is 28.4. The lowest BCUT2D eigenvalue weighted by Gasteiger charge is -2.21. The largest absolute Gasteiger partial charge is 0.472 e. The van der Waals surface area contributed by atoms with Crippen LogP contribution in [0.2, 0.25) is 0 Å². The number of aliphatic hydroxyl groups is 1. The maximum atomic E-state index is 13.1. The van der Waals surface area contributed by atoms with Gasteiger partial charge < -0.3 is 33.8 Å². The van der Waals surface area contributed by atoms with Crippen molar-refractivity contribution in [3.8, 4) is 0 Å². The topological polar surface area (TPSA) is 237 Å². The Kier molecular flexibility index (Phi) is 73.7. The maximum Gasteiger partial charge on any atom is 0.472 e. The van der Waals surface area contributed by atoms with E-state index in [1.54, 1.807) is 12.2 Å². The van der Waals surface area contributed by atoms with E-state index in [9.17, 15) is 43.2 Å². The molecule has 17 nitrogen and oxygen atoms in total. The highest BCUT2D eigenvalue weighted by Crippen LogP contribution is 2.45. The van der Waals surface area contributed by atoms with Crippen molar-refractivity contribution in [1.82, 2.24) is 0 Å². The Balaban J connectivity index is 5.54. The van der Waals surface area contributed by atoms with Gasteiger partial charge in [0, 0.05) is 19.3 Å². The first-order valence-electron chi connectivity index (χ1n) is 40.0. The average molecular weight is 1540 g/mol. The van der Waals surface area contributed by atoms with Crippen LogP contribution in [0.4, 0.5) is 0 Å². The minimum absolute atomic E-state index is 0.0207. The van der Waals surface area contributed by atoms with Gasteiger partial charge in [-0.05, 0) is 161 Å². The number of hydrogen-bond donors (Lipinski definition) is 3. The van der Waals surface area contributed by atoms with Crippen LogP contribution in [0.5, 0.6) is 0 Å². The van der Waals surface area contributed by atoms with Crippen LogP contribution in [0, 0.1) is 0 Å². The van der Waals surface area contributed by atoms with E-state index in [4.69, 9.17) is 37.0 Å². The predicted molar refractivity (Wildman–Crippen MR) is 445 cm³/mol. The first kappa shape index (κ1) is 101. The molecule has 0 aromatic carbocycles. The van der Waals surface area contributed by atoms with Crippen molar-refractivity contribution in [2.45, 2.75) is 277 Å². The van der Waals surface area contributed by atoms with Crippen molar-refractivity contribution in [3.05, 3.63) is 219 Å². The summed E-state index contributed by atoms with van der Waals surface area (Å²) in [5.41, 5.74) is 0. The standard InChI is InChI=1S/C89H138O17P2/c1-5-9-13-17-21-25-29-33-37-39-41-43-47-49-53-57-61-65-69-73-86(91)99-79-84(105-88(93)75-71-67-63-59-55-51-45-35-31-27-23-19-15-11-7-3)81-103-107(95,96)101-77-83(90)78-102-108(97,98)104-82-85(106-89(94)76-72-68-64-60-56-52-46-36-32-28-24-20-16-12-8-4)80-100-87(92)74-70-66-62-58-54-50-48-44-42-40-38-34-30-26-22-18-14-10-6-2/h9-16,21-28,33-38,41-46,49,53,56,60-61,65,68,72,83-85,90H,5-8,17-20,29-32,39-40,47-48,50-52,54-55,57-59,62-64,66-67,69-71,73-82H2,1-4H3,(H,95,96)(H,97,98)/b13-9-,14-10-,15-11-,16-12-,25-21-,26-22-,27-23-,28-24-,37-33-,38-34-,43-41-,44-42-,45-35-,46-36-,53-49-,60-56-,65-61-,72-68-. The van der Waals surface area contributed by atoms with Crippen molar-refractivity contribution < 1.29 is 80.2 Å². The molecule has 0 spiro atoms. The van der Waals surface area contributed by atoms with Crippen LogP contribution < -0.4 is 0 Å². The molecule has 0 radical (unpaired) electrons. The van der Waals surface area contributed by atoms with Crippen molar-refractivity contribution in [2.75, 3.05) is 39.6 Å². The first-order chi connectivity index (χ1) is 52.7. The summed E-state index contributed by atoms with van der Waals surface area (Å²) in [6.07, 6.45) is 99.6. The van der Waals surface area contributed by atoms with Gasteiger partial charge in [-0.1, -0.05) is 291 Å². The molecule has 0 heterocycles. The Bertz CT molecular complexity index is 2910. The highest BCUT2D eigenvalue weighted by Gasteiger charge is 2.30. The molecule has 0 aromatic heterocycles. The Morgan fingerprint density at radius 3 is 0.833 bits per heavy atom. The number of phosphoric acid groups is 2. The van der Waals surface area contributed by atoms with Crippen LogP contribution in [0.1, 0.15) is 259 Å². The molecular weight excluding hydrogens is 1400 g/mol. The highest BCUT2D eigenvalue weighted by atomic mass is 31.2. The second kappa shape index (κ2) is 78.5. The number of unbranched alkanes of at least 4 members (excludes halogenated alkanes) is 11. The van der Waals surface area contributed by atoms with Gasteiger partial charge in [0.1, 0.15) is 19.3 Å². The molecule has 0 aliphatic carbocycles. The van der Waals surface area contributed by atoms with E-state index in [1.165, 1.54) is 0 Å². The van der Waals surface area contributed by atoms with Crippen LogP contribution in [0.25, 0.3) is 0 Å². The molecule has 5 atom stereocenters. The number of hydrogen-bond acceptors (Lipinski definition) is 15. The summed E-state index contributed by atoms with van der Waals surface area (Å²) in [7, 11) is -10.0. The van der Waals surface area contributed by atoms with Crippen LogP contribution >= 0.6 is 15.6 Å². The van der Waals surface area contributed by atoms with Gasteiger partial charge in [-0.25, -0.2) is 9.13 Å². The SMILES string of the molecule is CC/C=C\C/C=C\C/C=C\C/C=C\C/C=C\C/C=C\CCC(=O)OCC(COP(=O)(O)OCC(O)COP(=O)(O)OCC(COC(=O)CCCCCCCC/C=C\C/C=C\C/C=C\C/C=C\CC)OC(=O)C/C=C\C/C=C\C/C=C\C/C=C\C/C=C\CC)OC(=O)CCCCCCC/C=C\C/C=C\C/C=C\CC. The molecule has 0 fully saturated rings. The van der Waals surface area contributed by atoms with Gasteiger partial charge >= 0.3 is 39.5 Å². The molecule has 0 rings (SSSR count). The molecule has 0 amide bonds. The summed E-state index contributed by atoms with van der Waals surface area (Å²) >= 11 is 0. The smallest absolute Gasteiger partial charge is 0.462 e. The van der Waals surface area contributed by atoms with E-state index in [0.717, 1.165) is 173 Å². The molecule has 0 saturated heterocycles. The van der Waals surface area contributed by atoms with Gasteiger partial charge in [0.2, 0.25) is 0 Å². The van der Waals surface area contributed by atoms with Crippen LogP contribution in [-0.2, 0) is 65.4 Å². The van der Waals surface area contributed by atoms with Crippen LogP contribution in [0.3, 0.4) is 0 Å². The normalized spacial score (nSPS) is 15.0. The van der Waals surface area contributed by atoms with E-state index in [-0.39, 0.29) is 25.7 Å². The molecule has 3 N–H and O–H groups in total. The predicted octanol–water partition coefficient (Wildman–Crippen LogP) is 23.7. The van der Waals surface area contributed by atoms with Crippen LogP contribution in [-0.4, -0.2) is 96.7 Å². The number of carbonyl (C=O) groups is 4. The summed E-state index contributed by atoms with van der Waals surface area (Å²) in [6, 6.07) is 0. The number of phosphoric ester groups is 2. The third-order valence-electron chi connectivity index (χ3n) is 15.5. The molecule has 0 aromatic rings.